The molecule has 1 amide bonds. The predicted octanol–water partition coefficient (Wildman–Crippen LogP) is 2.35. The lowest BCUT2D eigenvalue weighted by molar-refractivity contribution is -0.120. The van der Waals surface area contributed by atoms with Crippen LogP contribution in [-0.2, 0) is 4.79 Å². The van der Waals surface area contributed by atoms with Crippen LogP contribution in [0.3, 0.4) is 0 Å². The van der Waals surface area contributed by atoms with Crippen molar-refractivity contribution < 1.29 is 18.3 Å². The number of nitrogens with two attached hydrogens (primary N) is 1. The molecule has 0 radical (unpaired) electrons. The topological polar surface area (TPSA) is 64.4 Å². The minimum absolute atomic E-state index is 0.0607. The summed E-state index contributed by atoms with van der Waals surface area (Å²) in [6, 6.07) is 5.72. The van der Waals surface area contributed by atoms with E-state index in [4.69, 9.17) is 5.73 Å². The summed E-state index contributed by atoms with van der Waals surface area (Å²) in [5.74, 6) is -0.227. The first kappa shape index (κ1) is 13.7. The van der Waals surface area contributed by atoms with Crippen LogP contribution in [0.4, 0.5) is 14.5 Å². The third-order valence-electron chi connectivity index (χ3n) is 3.25. The summed E-state index contributed by atoms with van der Waals surface area (Å²) in [4.78, 5) is 11.9. The SMILES string of the molecule is NC1CCCC1C(=O)Nc1ccc(OC(F)F)cc1. The van der Waals surface area contributed by atoms with Gasteiger partial charge >= 0.3 is 6.61 Å². The third-order valence-corrected chi connectivity index (χ3v) is 3.25. The fourth-order valence-electron chi connectivity index (χ4n) is 2.27. The molecule has 1 fully saturated rings. The lowest BCUT2D eigenvalue weighted by Gasteiger charge is -2.15. The molecule has 0 spiro atoms. The van der Waals surface area contributed by atoms with Crippen molar-refractivity contribution in [1.82, 2.24) is 0 Å². The molecule has 1 aliphatic carbocycles. The predicted molar refractivity (Wildman–Crippen MR) is 67.0 cm³/mol. The number of hydrogen-bond donors (Lipinski definition) is 2. The molecule has 0 aliphatic heterocycles. The first-order chi connectivity index (χ1) is 9.06. The number of carbonyl (C=O) groups is 1. The highest BCUT2D eigenvalue weighted by molar-refractivity contribution is 5.93. The minimum Gasteiger partial charge on any atom is -0.435 e. The first-order valence-electron chi connectivity index (χ1n) is 6.17. The molecule has 104 valence electrons. The molecule has 3 N–H and O–H groups in total. The second kappa shape index (κ2) is 5.97. The Morgan fingerprint density at radius 3 is 2.53 bits per heavy atom. The van der Waals surface area contributed by atoms with Crippen LogP contribution in [0.15, 0.2) is 24.3 Å². The van der Waals surface area contributed by atoms with E-state index in [1.165, 1.54) is 24.3 Å². The Balaban J connectivity index is 1.93. The Hall–Kier alpha value is -1.69. The molecule has 6 heteroatoms. The molecule has 1 aliphatic rings. The smallest absolute Gasteiger partial charge is 0.387 e. The molecule has 2 atom stereocenters. The summed E-state index contributed by atoms with van der Waals surface area (Å²) in [6.45, 7) is -2.85. The molecule has 19 heavy (non-hydrogen) atoms. The normalized spacial score (nSPS) is 22.5. The van der Waals surface area contributed by atoms with E-state index < -0.39 is 6.61 Å². The van der Waals surface area contributed by atoms with E-state index >= 15 is 0 Å². The maximum absolute atomic E-state index is 12.0. The average molecular weight is 270 g/mol. The largest absolute Gasteiger partial charge is 0.435 e. The number of carbonyl (C=O) groups excluding carboxylic acids is 1. The van der Waals surface area contributed by atoms with Crippen molar-refractivity contribution in [2.75, 3.05) is 5.32 Å². The number of ether oxygens (including phenoxy) is 1. The van der Waals surface area contributed by atoms with Crippen molar-refractivity contribution in [3.05, 3.63) is 24.3 Å². The molecule has 0 saturated heterocycles. The molecule has 2 unspecified atom stereocenters. The summed E-state index contributed by atoms with van der Waals surface area (Å²) in [6.07, 6.45) is 2.61. The van der Waals surface area contributed by atoms with Crippen molar-refractivity contribution in [1.29, 1.82) is 0 Å². The fourth-order valence-corrected chi connectivity index (χ4v) is 2.27. The van der Waals surface area contributed by atoms with Crippen molar-refractivity contribution >= 4 is 11.6 Å². The quantitative estimate of drug-likeness (QED) is 0.882. The van der Waals surface area contributed by atoms with E-state index in [1.807, 2.05) is 0 Å². The van der Waals surface area contributed by atoms with Crippen LogP contribution in [0.25, 0.3) is 0 Å². The maximum atomic E-state index is 12.0. The summed E-state index contributed by atoms with van der Waals surface area (Å²) < 4.78 is 28.2. The Morgan fingerprint density at radius 2 is 2.00 bits per heavy atom. The van der Waals surface area contributed by atoms with Crippen molar-refractivity contribution in [2.24, 2.45) is 11.7 Å². The van der Waals surface area contributed by atoms with Crippen molar-refractivity contribution in [3.8, 4) is 5.75 Å². The van der Waals surface area contributed by atoms with Gasteiger partial charge < -0.3 is 15.8 Å². The maximum Gasteiger partial charge on any atom is 0.387 e. The molecule has 1 aromatic carbocycles. The molecule has 0 bridgehead atoms. The molecular weight excluding hydrogens is 254 g/mol. The average Bonchev–Trinajstić information content (AvgIpc) is 2.77. The molecular formula is C13H16F2N2O2. The van der Waals surface area contributed by atoms with Gasteiger partial charge in [-0.2, -0.15) is 8.78 Å². The summed E-state index contributed by atoms with van der Waals surface area (Å²) in [7, 11) is 0. The van der Waals surface area contributed by atoms with Gasteiger partial charge in [-0.3, -0.25) is 4.79 Å². The summed E-state index contributed by atoms with van der Waals surface area (Å²) in [5, 5.41) is 2.73. The van der Waals surface area contributed by atoms with Crippen molar-refractivity contribution in [2.45, 2.75) is 31.9 Å². The molecule has 2 rings (SSSR count). The zero-order valence-corrected chi connectivity index (χ0v) is 10.3. The van der Waals surface area contributed by atoms with Crippen LogP contribution in [0.1, 0.15) is 19.3 Å². The number of hydrogen-bond acceptors (Lipinski definition) is 3. The van der Waals surface area contributed by atoms with Crippen LogP contribution in [0, 0.1) is 5.92 Å². The van der Waals surface area contributed by atoms with Gasteiger partial charge in [0.25, 0.3) is 0 Å². The second-order valence-corrected chi connectivity index (χ2v) is 4.59. The van der Waals surface area contributed by atoms with Crippen molar-refractivity contribution in [3.63, 3.8) is 0 Å². The highest BCUT2D eigenvalue weighted by Crippen LogP contribution is 2.26. The number of alkyl halides is 2. The number of rotatable bonds is 4. The highest BCUT2D eigenvalue weighted by Gasteiger charge is 2.30. The molecule has 4 nitrogen and oxygen atoms in total. The Bertz CT molecular complexity index is 437. The lowest BCUT2D eigenvalue weighted by Crippen LogP contribution is -2.34. The zero-order valence-electron chi connectivity index (χ0n) is 10.3. The van der Waals surface area contributed by atoms with Gasteiger partial charge in [-0.05, 0) is 37.1 Å². The van der Waals surface area contributed by atoms with Gasteiger partial charge in [0, 0.05) is 11.7 Å². The van der Waals surface area contributed by atoms with Gasteiger partial charge in [-0.1, -0.05) is 6.42 Å². The highest BCUT2D eigenvalue weighted by atomic mass is 19.3. The van der Waals surface area contributed by atoms with Gasteiger partial charge in [-0.15, -0.1) is 0 Å². The number of halogens is 2. The van der Waals surface area contributed by atoms with Gasteiger partial charge in [0.15, 0.2) is 0 Å². The number of benzene rings is 1. The van der Waals surface area contributed by atoms with Gasteiger partial charge in [0.05, 0.1) is 5.92 Å². The fraction of sp³-hybridized carbons (Fsp3) is 0.462. The Kier molecular flexibility index (Phi) is 4.31. The number of nitrogens with one attached hydrogen (secondary N) is 1. The zero-order chi connectivity index (χ0) is 13.8. The lowest BCUT2D eigenvalue weighted by atomic mass is 10.0. The standard InChI is InChI=1S/C13H16F2N2O2/c14-13(15)19-9-6-4-8(5-7-9)17-12(18)10-2-1-3-11(10)16/h4-7,10-11,13H,1-3,16H2,(H,17,18). The van der Waals surface area contributed by atoms with Gasteiger partial charge in [0.1, 0.15) is 5.75 Å². The summed E-state index contributed by atoms with van der Waals surface area (Å²) >= 11 is 0. The van der Waals surface area contributed by atoms with E-state index in [-0.39, 0.29) is 23.6 Å². The number of amides is 1. The van der Waals surface area contributed by atoms with E-state index in [0.717, 1.165) is 19.3 Å². The molecule has 0 aromatic heterocycles. The summed E-state index contributed by atoms with van der Waals surface area (Å²) in [5.41, 5.74) is 6.40. The van der Waals surface area contributed by atoms with Crippen LogP contribution in [-0.4, -0.2) is 18.6 Å². The van der Waals surface area contributed by atoms with E-state index in [0.29, 0.717) is 5.69 Å². The molecule has 0 heterocycles. The Labute approximate surface area is 109 Å². The van der Waals surface area contributed by atoms with Gasteiger partial charge in [-0.25, -0.2) is 0 Å². The van der Waals surface area contributed by atoms with Crippen LogP contribution in [0.2, 0.25) is 0 Å². The van der Waals surface area contributed by atoms with Crippen LogP contribution < -0.4 is 15.8 Å². The number of anilines is 1. The molecule has 1 aromatic rings. The van der Waals surface area contributed by atoms with E-state index in [2.05, 4.69) is 10.1 Å². The van der Waals surface area contributed by atoms with E-state index in [1.54, 1.807) is 0 Å². The van der Waals surface area contributed by atoms with Gasteiger partial charge in [0.2, 0.25) is 5.91 Å². The second-order valence-electron chi connectivity index (χ2n) is 4.59. The monoisotopic (exact) mass is 270 g/mol. The Morgan fingerprint density at radius 1 is 1.32 bits per heavy atom. The van der Waals surface area contributed by atoms with Crippen LogP contribution >= 0.6 is 0 Å². The van der Waals surface area contributed by atoms with Crippen LogP contribution in [0.5, 0.6) is 5.75 Å². The minimum atomic E-state index is -2.85. The first-order valence-corrected chi connectivity index (χ1v) is 6.17. The third kappa shape index (κ3) is 3.64. The van der Waals surface area contributed by atoms with E-state index in [9.17, 15) is 13.6 Å². The molecule has 1 saturated carbocycles.